The van der Waals surface area contributed by atoms with Gasteiger partial charge in [-0.3, -0.25) is 4.79 Å². The first-order chi connectivity index (χ1) is 15.5. The van der Waals surface area contributed by atoms with E-state index in [9.17, 15) is 9.59 Å². The van der Waals surface area contributed by atoms with Crippen molar-refractivity contribution in [2.75, 3.05) is 19.0 Å². The molecule has 2 aromatic heterocycles. The van der Waals surface area contributed by atoms with Crippen LogP contribution in [0.5, 0.6) is 5.75 Å². The average molecular weight is 474 g/mol. The van der Waals surface area contributed by atoms with Crippen LogP contribution in [0.25, 0.3) is 11.3 Å². The van der Waals surface area contributed by atoms with E-state index >= 15 is 0 Å². The van der Waals surface area contributed by atoms with E-state index in [0.29, 0.717) is 34.9 Å². The Morgan fingerprint density at radius 2 is 2.03 bits per heavy atom. The molecule has 0 bridgehead atoms. The van der Waals surface area contributed by atoms with Crippen molar-refractivity contribution in [1.29, 1.82) is 0 Å². The van der Waals surface area contributed by atoms with Gasteiger partial charge in [-0.05, 0) is 49.1 Å². The lowest BCUT2D eigenvalue weighted by molar-refractivity contribution is -0.116. The molecule has 0 radical (unpaired) electrons. The second-order valence-electron chi connectivity index (χ2n) is 6.85. The molecule has 0 saturated carbocycles. The summed E-state index contributed by atoms with van der Waals surface area (Å²) in [5.74, 6) is 0.00997. The number of methoxy groups -OCH3 is 1. The van der Waals surface area contributed by atoms with Crippen molar-refractivity contribution in [3.05, 3.63) is 64.8 Å². The maximum absolute atomic E-state index is 12.6. The monoisotopic (exact) mass is 473 g/mol. The SMILES string of the molecule is C=CCOC(=O)c1cn(CC)cc1NC(=O)CCc1snc(-c2ccc(OC)cc2)c1Cl. The van der Waals surface area contributed by atoms with Crippen LogP contribution >= 0.6 is 23.1 Å². The first-order valence-electron chi connectivity index (χ1n) is 10.0. The van der Waals surface area contributed by atoms with Gasteiger partial charge in [0.15, 0.2) is 0 Å². The Balaban J connectivity index is 1.65. The molecule has 0 saturated heterocycles. The van der Waals surface area contributed by atoms with Crippen LogP contribution in [0, 0.1) is 0 Å². The Kier molecular flexibility index (Phi) is 8.08. The molecule has 0 atom stereocenters. The van der Waals surface area contributed by atoms with Crippen LogP contribution in [-0.2, 0) is 22.5 Å². The van der Waals surface area contributed by atoms with Gasteiger partial charge in [-0.2, -0.15) is 4.37 Å². The van der Waals surface area contributed by atoms with Gasteiger partial charge in [0.05, 0.1) is 17.8 Å². The zero-order valence-corrected chi connectivity index (χ0v) is 19.5. The summed E-state index contributed by atoms with van der Waals surface area (Å²) in [5.41, 5.74) is 2.29. The van der Waals surface area contributed by atoms with Crippen LogP contribution < -0.4 is 10.1 Å². The van der Waals surface area contributed by atoms with Gasteiger partial charge in [0.1, 0.15) is 23.6 Å². The predicted octanol–water partition coefficient (Wildman–Crippen LogP) is 5.21. The Morgan fingerprint density at radius 3 is 2.69 bits per heavy atom. The summed E-state index contributed by atoms with van der Waals surface area (Å²) in [6.07, 6.45) is 5.49. The summed E-state index contributed by atoms with van der Waals surface area (Å²) in [7, 11) is 1.61. The van der Waals surface area contributed by atoms with Crippen LogP contribution in [0.1, 0.15) is 28.6 Å². The van der Waals surface area contributed by atoms with Gasteiger partial charge in [-0.1, -0.05) is 24.3 Å². The molecule has 7 nitrogen and oxygen atoms in total. The number of esters is 1. The summed E-state index contributed by atoms with van der Waals surface area (Å²) in [5, 5.41) is 3.34. The molecule has 1 amide bonds. The molecule has 0 spiro atoms. The highest BCUT2D eigenvalue weighted by atomic mass is 35.5. The number of nitrogens with one attached hydrogen (secondary N) is 1. The minimum absolute atomic E-state index is 0.101. The number of hydrogen-bond donors (Lipinski definition) is 1. The lowest BCUT2D eigenvalue weighted by Gasteiger charge is -2.06. The molecule has 2 heterocycles. The van der Waals surface area contributed by atoms with Crippen LogP contribution in [0.15, 0.2) is 49.3 Å². The fourth-order valence-corrected chi connectivity index (χ4v) is 4.17. The number of carbonyl (C=O) groups is 2. The van der Waals surface area contributed by atoms with Crippen molar-refractivity contribution in [3.8, 4) is 17.0 Å². The largest absolute Gasteiger partial charge is 0.497 e. The minimum Gasteiger partial charge on any atom is -0.497 e. The minimum atomic E-state index is -0.512. The van der Waals surface area contributed by atoms with Crippen molar-refractivity contribution < 1.29 is 19.1 Å². The van der Waals surface area contributed by atoms with E-state index in [0.717, 1.165) is 16.2 Å². The van der Waals surface area contributed by atoms with Gasteiger partial charge in [-0.25, -0.2) is 4.79 Å². The fraction of sp³-hybridized carbons (Fsp3) is 0.261. The number of halogens is 1. The molecule has 1 aromatic carbocycles. The van der Waals surface area contributed by atoms with Crippen molar-refractivity contribution in [1.82, 2.24) is 8.94 Å². The molecule has 0 unspecified atom stereocenters. The van der Waals surface area contributed by atoms with Gasteiger partial charge in [-0.15, -0.1) is 0 Å². The zero-order chi connectivity index (χ0) is 23.1. The number of carbonyl (C=O) groups excluding carboxylic acids is 2. The Labute approximate surface area is 195 Å². The van der Waals surface area contributed by atoms with Crippen molar-refractivity contribution in [2.24, 2.45) is 0 Å². The van der Waals surface area contributed by atoms with E-state index in [-0.39, 0.29) is 18.9 Å². The Morgan fingerprint density at radius 1 is 1.28 bits per heavy atom. The first kappa shape index (κ1) is 23.6. The fourth-order valence-electron chi connectivity index (χ4n) is 3.00. The summed E-state index contributed by atoms with van der Waals surface area (Å²) in [6.45, 7) is 6.23. The van der Waals surface area contributed by atoms with Gasteiger partial charge < -0.3 is 19.4 Å². The van der Waals surface area contributed by atoms with E-state index in [1.54, 1.807) is 24.1 Å². The number of anilines is 1. The number of rotatable bonds is 10. The molecule has 3 aromatic rings. The van der Waals surface area contributed by atoms with Crippen LogP contribution in [0.2, 0.25) is 5.02 Å². The number of benzene rings is 1. The molecule has 9 heteroatoms. The maximum atomic E-state index is 12.6. The molecular weight excluding hydrogens is 450 g/mol. The number of amides is 1. The van der Waals surface area contributed by atoms with E-state index in [2.05, 4.69) is 16.3 Å². The highest BCUT2D eigenvalue weighted by molar-refractivity contribution is 7.06. The third kappa shape index (κ3) is 5.57. The number of nitrogens with zero attached hydrogens (tertiary/aromatic N) is 2. The number of aryl methyl sites for hydroxylation is 2. The van der Waals surface area contributed by atoms with Crippen molar-refractivity contribution >= 4 is 40.7 Å². The second-order valence-corrected chi connectivity index (χ2v) is 8.08. The highest BCUT2D eigenvalue weighted by Crippen LogP contribution is 2.34. The average Bonchev–Trinajstić information content (AvgIpc) is 3.39. The summed E-state index contributed by atoms with van der Waals surface area (Å²) >= 11 is 7.80. The van der Waals surface area contributed by atoms with Gasteiger partial charge in [0.2, 0.25) is 5.91 Å². The van der Waals surface area contributed by atoms with E-state index in [1.807, 2.05) is 31.2 Å². The second kappa shape index (κ2) is 11.0. The molecule has 0 aliphatic carbocycles. The molecular formula is C23H24ClN3O4S. The molecule has 168 valence electrons. The number of ether oxygens (including phenoxy) is 2. The standard InChI is InChI=1S/C23H24ClN3O4S/c1-4-12-31-23(29)17-13-27(5-2)14-18(17)25-20(28)11-10-19-21(24)22(26-32-19)15-6-8-16(30-3)9-7-15/h4,6-9,13-14H,1,5,10-12H2,2-3H3,(H,25,28). The first-order valence-corrected chi connectivity index (χ1v) is 11.2. The lowest BCUT2D eigenvalue weighted by atomic mass is 10.1. The van der Waals surface area contributed by atoms with Gasteiger partial charge in [0, 0.05) is 35.8 Å². The van der Waals surface area contributed by atoms with Crippen molar-refractivity contribution in [3.63, 3.8) is 0 Å². The van der Waals surface area contributed by atoms with E-state index in [1.165, 1.54) is 17.6 Å². The Hall–Kier alpha value is -3.10. The summed E-state index contributed by atoms with van der Waals surface area (Å²) < 4.78 is 16.5. The summed E-state index contributed by atoms with van der Waals surface area (Å²) in [4.78, 5) is 25.7. The number of hydrogen-bond acceptors (Lipinski definition) is 6. The normalized spacial score (nSPS) is 10.6. The number of aromatic nitrogens is 2. The maximum Gasteiger partial charge on any atom is 0.342 e. The molecule has 0 aliphatic heterocycles. The smallest absolute Gasteiger partial charge is 0.342 e. The molecule has 0 aliphatic rings. The van der Waals surface area contributed by atoms with Gasteiger partial charge in [0.25, 0.3) is 0 Å². The Bertz CT molecular complexity index is 1110. The summed E-state index contributed by atoms with van der Waals surface area (Å²) in [6, 6.07) is 7.47. The van der Waals surface area contributed by atoms with E-state index in [4.69, 9.17) is 21.1 Å². The molecule has 0 fully saturated rings. The van der Waals surface area contributed by atoms with E-state index < -0.39 is 5.97 Å². The van der Waals surface area contributed by atoms with Gasteiger partial charge >= 0.3 is 5.97 Å². The lowest BCUT2D eigenvalue weighted by Crippen LogP contribution is -2.15. The predicted molar refractivity (Wildman–Crippen MR) is 127 cm³/mol. The third-order valence-electron chi connectivity index (χ3n) is 4.71. The molecule has 32 heavy (non-hydrogen) atoms. The third-order valence-corrected chi connectivity index (χ3v) is 6.14. The van der Waals surface area contributed by atoms with Crippen molar-refractivity contribution in [2.45, 2.75) is 26.3 Å². The quantitative estimate of drug-likeness (QED) is 0.323. The molecule has 3 rings (SSSR count). The van der Waals surface area contributed by atoms with Crippen LogP contribution in [0.4, 0.5) is 5.69 Å². The highest BCUT2D eigenvalue weighted by Gasteiger charge is 2.19. The topological polar surface area (TPSA) is 82.5 Å². The van der Waals surface area contributed by atoms with Crippen LogP contribution in [0.3, 0.4) is 0 Å². The zero-order valence-electron chi connectivity index (χ0n) is 17.9. The van der Waals surface area contributed by atoms with Crippen LogP contribution in [-0.4, -0.2) is 34.5 Å². The molecule has 1 N–H and O–H groups in total.